The van der Waals surface area contributed by atoms with Crippen LogP contribution in [0.3, 0.4) is 0 Å². The van der Waals surface area contributed by atoms with E-state index in [4.69, 9.17) is 5.73 Å². The van der Waals surface area contributed by atoms with Crippen LogP contribution in [-0.4, -0.2) is 36.6 Å². The van der Waals surface area contributed by atoms with Crippen LogP contribution in [0, 0.1) is 5.41 Å². The molecule has 1 aliphatic heterocycles. The van der Waals surface area contributed by atoms with Gasteiger partial charge in [0, 0.05) is 13.1 Å². The van der Waals surface area contributed by atoms with E-state index in [1.165, 1.54) is 4.90 Å². The van der Waals surface area contributed by atoms with Gasteiger partial charge in [-0.3, -0.25) is 4.79 Å². The van der Waals surface area contributed by atoms with Crippen molar-refractivity contribution in [2.45, 2.75) is 25.9 Å². The summed E-state index contributed by atoms with van der Waals surface area (Å²) in [6.45, 7) is 2.98. The number of amides is 1. The maximum Gasteiger partial charge on any atom is 0.397 e. The van der Waals surface area contributed by atoms with Crippen LogP contribution in [0.5, 0.6) is 0 Å². The molecule has 0 aromatic rings. The molecule has 7 heteroatoms. The number of nitrogens with two attached hydrogens (primary N) is 1. The SMILES string of the molecule is CC1(CN)CCN(C(=O)CC(F)(F)F)C1.Cl. The van der Waals surface area contributed by atoms with E-state index in [-0.39, 0.29) is 17.8 Å². The topological polar surface area (TPSA) is 46.3 Å². The van der Waals surface area contributed by atoms with Crippen molar-refractivity contribution >= 4 is 18.3 Å². The molecule has 0 aliphatic carbocycles. The number of rotatable bonds is 2. The van der Waals surface area contributed by atoms with Crippen LogP contribution in [0.2, 0.25) is 0 Å². The van der Waals surface area contributed by atoms with Gasteiger partial charge in [-0.15, -0.1) is 12.4 Å². The second-order valence-electron chi connectivity index (χ2n) is 4.37. The maximum atomic E-state index is 12.0. The van der Waals surface area contributed by atoms with E-state index in [0.29, 0.717) is 26.1 Å². The Morgan fingerprint density at radius 2 is 2.06 bits per heavy atom. The molecule has 0 aromatic carbocycles. The Balaban J connectivity index is 0.00000225. The zero-order valence-electron chi connectivity index (χ0n) is 9.01. The number of carbonyl (C=O) groups excluding carboxylic acids is 1. The van der Waals surface area contributed by atoms with Crippen molar-refractivity contribution in [2.75, 3.05) is 19.6 Å². The highest BCUT2D eigenvalue weighted by atomic mass is 35.5. The fraction of sp³-hybridized carbons (Fsp3) is 0.889. The molecule has 1 aliphatic rings. The van der Waals surface area contributed by atoms with E-state index in [0.717, 1.165) is 0 Å². The molecule has 1 heterocycles. The van der Waals surface area contributed by atoms with E-state index < -0.39 is 18.5 Å². The summed E-state index contributed by atoms with van der Waals surface area (Å²) in [5.74, 6) is -0.848. The molecule has 0 aromatic heterocycles. The van der Waals surface area contributed by atoms with E-state index in [9.17, 15) is 18.0 Å². The third-order valence-corrected chi connectivity index (χ3v) is 2.76. The number of likely N-dealkylation sites (tertiary alicyclic amines) is 1. The standard InChI is InChI=1S/C9H15F3N2O.ClH/c1-8(5-13)2-3-14(6-8)7(15)4-9(10,11)12;/h2-6,13H2,1H3;1H. The maximum absolute atomic E-state index is 12.0. The Bertz CT molecular complexity index is 260. The summed E-state index contributed by atoms with van der Waals surface area (Å²) >= 11 is 0. The van der Waals surface area contributed by atoms with E-state index in [2.05, 4.69) is 0 Å². The van der Waals surface area contributed by atoms with Gasteiger partial charge in [0.15, 0.2) is 0 Å². The Kier molecular flexibility index (Phi) is 5.07. The lowest BCUT2D eigenvalue weighted by Gasteiger charge is -2.22. The van der Waals surface area contributed by atoms with Crippen LogP contribution in [-0.2, 0) is 4.79 Å². The lowest BCUT2D eigenvalue weighted by Crippen LogP contribution is -2.36. The Hall–Kier alpha value is -0.490. The van der Waals surface area contributed by atoms with Gasteiger partial charge >= 0.3 is 6.18 Å². The van der Waals surface area contributed by atoms with Gasteiger partial charge in [0.25, 0.3) is 0 Å². The predicted molar refractivity (Wildman–Crippen MR) is 56.3 cm³/mol. The summed E-state index contributed by atoms with van der Waals surface area (Å²) in [6.07, 6.45) is -5.11. The summed E-state index contributed by atoms with van der Waals surface area (Å²) in [4.78, 5) is 12.5. The van der Waals surface area contributed by atoms with Crippen LogP contribution >= 0.6 is 12.4 Å². The van der Waals surface area contributed by atoms with Crippen LogP contribution in [0.1, 0.15) is 19.8 Å². The highest BCUT2D eigenvalue weighted by molar-refractivity contribution is 5.85. The van der Waals surface area contributed by atoms with Crippen molar-refractivity contribution < 1.29 is 18.0 Å². The second kappa shape index (κ2) is 5.23. The normalized spacial score (nSPS) is 25.4. The Morgan fingerprint density at radius 3 is 2.44 bits per heavy atom. The minimum Gasteiger partial charge on any atom is -0.342 e. The van der Waals surface area contributed by atoms with Crippen LogP contribution in [0.15, 0.2) is 0 Å². The molecule has 0 bridgehead atoms. The first-order chi connectivity index (χ1) is 6.76. The summed E-state index contributed by atoms with van der Waals surface area (Å²) in [6, 6.07) is 0. The quantitative estimate of drug-likeness (QED) is 0.819. The lowest BCUT2D eigenvalue weighted by atomic mass is 9.90. The van der Waals surface area contributed by atoms with E-state index in [1.807, 2.05) is 6.92 Å². The fourth-order valence-corrected chi connectivity index (χ4v) is 1.69. The average molecular weight is 261 g/mol. The molecular weight excluding hydrogens is 245 g/mol. The molecule has 0 radical (unpaired) electrons. The van der Waals surface area contributed by atoms with E-state index >= 15 is 0 Å². The third kappa shape index (κ3) is 4.17. The predicted octanol–water partition coefficient (Wildman–Crippen LogP) is 1.56. The van der Waals surface area contributed by atoms with Gasteiger partial charge in [-0.05, 0) is 18.4 Å². The molecule has 1 unspecified atom stereocenters. The number of alkyl halides is 3. The second-order valence-corrected chi connectivity index (χ2v) is 4.37. The number of nitrogens with zero attached hydrogens (tertiary/aromatic N) is 1. The van der Waals surface area contributed by atoms with Crippen molar-refractivity contribution in [3.05, 3.63) is 0 Å². The van der Waals surface area contributed by atoms with Gasteiger partial charge < -0.3 is 10.6 Å². The number of carbonyl (C=O) groups is 1. The van der Waals surface area contributed by atoms with Crippen molar-refractivity contribution in [1.82, 2.24) is 4.90 Å². The van der Waals surface area contributed by atoms with Crippen LogP contribution in [0.4, 0.5) is 13.2 Å². The largest absolute Gasteiger partial charge is 0.397 e. The lowest BCUT2D eigenvalue weighted by molar-refractivity contribution is -0.160. The minimum absolute atomic E-state index is 0. The molecule has 0 spiro atoms. The molecule has 0 saturated carbocycles. The number of hydrogen-bond donors (Lipinski definition) is 1. The molecule has 1 fully saturated rings. The first kappa shape index (κ1) is 15.5. The molecule has 2 N–H and O–H groups in total. The summed E-state index contributed by atoms with van der Waals surface area (Å²) in [7, 11) is 0. The summed E-state index contributed by atoms with van der Waals surface area (Å²) in [5.41, 5.74) is 5.28. The van der Waals surface area contributed by atoms with Gasteiger partial charge in [0.05, 0.1) is 0 Å². The molecule has 1 saturated heterocycles. The van der Waals surface area contributed by atoms with E-state index in [1.54, 1.807) is 0 Å². The van der Waals surface area contributed by atoms with Crippen molar-refractivity contribution in [3.63, 3.8) is 0 Å². The molecule has 1 amide bonds. The molecule has 1 atom stereocenters. The summed E-state index contributed by atoms with van der Waals surface area (Å²) < 4.78 is 35.9. The monoisotopic (exact) mass is 260 g/mol. The molecular formula is C9H16ClF3N2O. The average Bonchev–Trinajstić information content (AvgIpc) is 2.46. The van der Waals surface area contributed by atoms with Crippen molar-refractivity contribution in [1.29, 1.82) is 0 Å². The van der Waals surface area contributed by atoms with Gasteiger partial charge in [0.1, 0.15) is 6.42 Å². The minimum atomic E-state index is -4.42. The van der Waals surface area contributed by atoms with Crippen LogP contribution < -0.4 is 5.73 Å². The Labute approximate surface area is 98.6 Å². The Morgan fingerprint density at radius 1 is 1.50 bits per heavy atom. The molecule has 96 valence electrons. The third-order valence-electron chi connectivity index (χ3n) is 2.76. The molecule has 3 nitrogen and oxygen atoms in total. The smallest absolute Gasteiger partial charge is 0.342 e. The fourth-order valence-electron chi connectivity index (χ4n) is 1.69. The number of halogens is 4. The van der Waals surface area contributed by atoms with Gasteiger partial charge in [0.2, 0.25) is 5.91 Å². The first-order valence-corrected chi connectivity index (χ1v) is 4.80. The first-order valence-electron chi connectivity index (χ1n) is 4.80. The van der Waals surface area contributed by atoms with Crippen LogP contribution in [0.25, 0.3) is 0 Å². The van der Waals surface area contributed by atoms with Crippen molar-refractivity contribution in [2.24, 2.45) is 11.1 Å². The number of hydrogen-bond acceptors (Lipinski definition) is 2. The zero-order chi connectivity index (χ0) is 11.7. The van der Waals surface area contributed by atoms with Gasteiger partial charge in [-0.2, -0.15) is 13.2 Å². The molecule has 1 rings (SSSR count). The van der Waals surface area contributed by atoms with Gasteiger partial charge in [-0.25, -0.2) is 0 Å². The van der Waals surface area contributed by atoms with Crippen molar-refractivity contribution in [3.8, 4) is 0 Å². The molecule has 16 heavy (non-hydrogen) atoms. The van der Waals surface area contributed by atoms with Gasteiger partial charge in [-0.1, -0.05) is 6.92 Å². The highest BCUT2D eigenvalue weighted by Crippen LogP contribution is 2.30. The highest BCUT2D eigenvalue weighted by Gasteiger charge is 2.39. The zero-order valence-corrected chi connectivity index (χ0v) is 9.83. The summed E-state index contributed by atoms with van der Waals surface area (Å²) in [5, 5.41) is 0.